The molecule has 1 aromatic rings. The van der Waals surface area contributed by atoms with Crippen molar-refractivity contribution >= 4 is 23.6 Å². The fourth-order valence-corrected chi connectivity index (χ4v) is 4.60. The molecular formula is C18H31N5O2S. The molecule has 0 aromatic carbocycles. The molecule has 1 amide bonds. The van der Waals surface area contributed by atoms with Gasteiger partial charge in [0.25, 0.3) is 0 Å². The number of morpholine rings is 1. The van der Waals surface area contributed by atoms with Gasteiger partial charge >= 0.3 is 0 Å². The minimum absolute atomic E-state index is 0.104. The van der Waals surface area contributed by atoms with Crippen molar-refractivity contribution in [1.29, 1.82) is 0 Å². The third-order valence-corrected chi connectivity index (χ3v) is 6.48. The van der Waals surface area contributed by atoms with Crippen LogP contribution in [0.15, 0.2) is 5.16 Å². The molecule has 8 heteroatoms. The van der Waals surface area contributed by atoms with Gasteiger partial charge in [0.15, 0.2) is 5.16 Å². The Balaban J connectivity index is 1.62. The Bertz CT molecular complexity index is 602. The van der Waals surface area contributed by atoms with Gasteiger partial charge in [-0.2, -0.15) is 0 Å². The fraction of sp³-hybridized carbons (Fsp3) is 0.833. The van der Waals surface area contributed by atoms with Crippen LogP contribution in [-0.4, -0.2) is 58.3 Å². The Morgan fingerprint density at radius 2 is 2.04 bits per heavy atom. The number of hydrogen-bond acceptors (Lipinski definition) is 6. The summed E-state index contributed by atoms with van der Waals surface area (Å²) in [5, 5.41) is 12.6. The second-order valence-electron chi connectivity index (χ2n) is 7.26. The number of amides is 1. The van der Waals surface area contributed by atoms with Crippen LogP contribution in [0.25, 0.3) is 0 Å². The van der Waals surface area contributed by atoms with E-state index >= 15 is 0 Å². The number of hydrogen-bond donors (Lipinski definition) is 1. The summed E-state index contributed by atoms with van der Waals surface area (Å²) in [5.41, 5.74) is 0. The molecule has 2 fully saturated rings. The van der Waals surface area contributed by atoms with Crippen LogP contribution in [0, 0.1) is 5.92 Å². The van der Waals surface area contributed by atoms with Crippen LogP contribution < -0.4 is 10.2 Å². The molecule has 1 saturated carbocycles. The SMILES string of the molecule is CCn1c(S[C@@H](C)C(=O)N[C@@H]2CCCC[C@@H]2C)nnc1N1CCOCC1. The molecule has 7 nitrogen and oxygen atoms in total. The number of rotatable bonds is 6. The zero-order valence-corrected chi connectivity index (χ0v) is 16.9. The smallest absolute Gasteiger partial charge is 0.233 e. The predicted molar refractivity (Wildman–Crippen MR) is 104 cm³/mol. The first kappa shape index (κ1) is 19.5. The quantitative estimate of drug-likeness (QED) is 0.763. The van der Waals surface area contributed by atoms with E-state index in [1.807, 2.05) is 6.92 Å². The average molecular weight is 382 g/mol. The van der Waals surface area contributed by atoms with Crippen molar-refractivity contribution in [3.05, 3.63) is 0 Å². The number of carbonyl (C=O) groups is 1. The zero-order valence-electron chi connectivity index (χ0n) is 16.1. The Hall–Kier alpha value is -1.28. The summed E-state index contributed by atoms with van der Waals surface area (Å²) < 4.78 is 7.52. The maximum Gasteiger partial charge on any atom is 0.233 e. The molecule has 1 N–H and O–H groups in total. The van der Waals surface area contributed by atoms with E-state index in [-0.39, 0.29) is 11.2 Å². The van der Waals surface area contributed by atoms with Gasteiger partial charge in [-0.15, -0.1) is 10.2 Å². The number of nitrogens with one attached hydrogen (secondary N) is 1. The highest BCUT2D eigenvalue weighted by atomic mass is 32.2. The van der Waals surface area contributed by atoms with Gasteiger partial charge in [-0.3, -0.25) is 9.36 Å². The van der Waals surface area contributed by atoms with Crippen LogP contribution in [0.4, 0.5) is 5.95 Å². The number of nitrogens with zero attached hydrogens (tertiary/aromatic N) is 4. The van der Waals surface area contributed by atoms with E-state index < -0.39 is 0 Å². The highest BCUT2D eigenvalue weighted by Crippen LogP contribution is 2.28. The first-order chi connectivity index (χ1) is 12.6. The number of aromatic nitrogens is 3. The Morgan fingerprint density at radius 1 is 1.31 bits per heavy atom. The lowest BCUT2D eigenvalue weighted by molar-refractivity contribution is -0.121. The zero-order chi connectivity index (χ0) is 18.5. The molecule has 26 heavy (non-hydrogen) atoms. The van der Waals surface area contributed by atoms with E-state index in [4.69, 9.17) is 4.74 Å². The third-order valence-electron chi connectivity index (χ3n) is 5.40. The van der Waals surface area contributed by atoms with Gasteiger partial charge in [0.2, 0.25) is 11.9 Å². The summed E-state index contributed by atoms with van der Waals surface area (Å²) >= 11 is 1.50. The summed E-state index contributed by atoms with van der Waals surface area (Å²) in [6, 6.07) is 0.312. The number of anilines is 1. The minimum Gasteiger partial charge on any atom is -0.378 e. The van der Waals surface area contributed by atoms with Crippen molar-refractivity contribution < 1.29 is 9.53 Å². The maximum absolute atomic E-state index is 12.7. The summed E-state index contributed by atoms with van der Waals surface area (Å²) in [4.78, 5) is 14.9. The minimum atomic E-state index is -0.184. The molecule has 0 radical (unpaired) electrons. The largest absolute Gasteiger partial charge is 0.378 e. The molecule has 146 valence electrons. The number of ether oxygens (including phenoxy) is 1. The van der Waals surface area contributed by atoms with E-state index in [1.165, 1.54) is 31.0 Å². The molecule has 1 aliphatic carbocycles. The molecule has 0 bridgehead atoms. The number of thioether (sulfide) groups is 1. The van der Waals surface area contributed by atoms with Crippen LogP contribution in [0.3, 0.4) is 0 Å². The van der Waals surface area contributed by atoms with Gasteiger partial charge < -0.3 is 15.0 Å². The maximum atomic E-state index is 12.7. The van der Waals surface area contributed by atoms with Crippen LogP contribution in [0.1, 0.15) is 46.5 Å². The molecule has 3 rings (SSSR count). The van der Waals surface area contributed by atoms with Crippen molar-refractivity contribution in [1.82, 2.24) is 20.1 Å². The van der Waals surface area contributed by atoms with E-state index in [2.05, 4.69) is 38.8 Å². The first-order valence-electron chi connectivity index (χ1n) is 9.83. The Labute approximate surface area is 160 Å². The van der Waals surface area contributed by atoms with Gasteiger partial charge in [-0.25, -0.2) is 0 Å². The second-order valence-corrected chi connectivity index (χ2v) is 8.57. The molecule has 2 heterocycles. The lowest BCUT2D eigenvalue weighted by Crippen LogP contribution is -2.44. The number of carbonyl (C=O) groups excluding carboxylic acids is 1. The van der Waals surface area contributed by atoms with Gasteiger partial charge in [0.05, 0.1) is 18.5 Å². The van der Waals surface area contributed by atoms with Gasteiger partial charge in [0.1, 0.15) is 0 Å². The lowest BCUT2D eigenvalue weighted by Gasteiger charge is -2.30. The van der Waals surface area contributed by atoms with Crippen molar-refractivity contribution in [2.45, 2.75) is 69.4 Å². The monoisotopic (exact) mass is 381 g/mol. The topological polar surface area (TPSA) is 72.3 Å². The van der Waals surface area contributed by atoms with E-state index in [0.29, 0.717) is 12.0 Å². The average Bonchev–Trinajstić information content (AvgIpc) is 3.06. The van der Waals surface area contributed by atoms with Gasteiger partial charge in [0, 0.05) is 25.7 Å². The van der Waals surface area contributed by atoms with Crippen LogP contribution in [-0.2, 0) is 16.1 Å². The summed E-state index contributed by atoms with van der Waals surface area (Å²) in [6.07, 6.45) is 4.79. The first-order valence-corrected chi connectivity index (χ1v) is 10.7. The van der Waals surface area contributed by atoms with Crippen LogP contribution in [0.5, 0.6) is 0 Å². The molecule has 1 saturated heterocycles. The van der Waals surface area contributed by atoms with E-state index in [9.17, 15) is 4.79 Å². The lowest BCUT2D eigenvalue weighted by atomic mass is 9.86. The third kappa shape index (κ3) is 4.52. The summed E-state index contributed by atoms with van der Waals surface area (Å²) in [5.74, 6) is 1.55. The molecule has 0 spiro atoms. The standard InChI is InChI=1S/C18H31N5O2S/c1-4-23-17(22-9-11-25-12-10-22)20-21-18(23)26-14(3)16(24)19-15-8-6-5-7-13(15)2/h13-15H,4-12H2,1-3H3,(H,19,24)/t13-,14-,15+/m0/s1. The predicted octanol–water partition coefficient (Wildman–Crippen LogP) is 2.31. The summed E-state index contributed by atoms with van der Waals surface area (Å²) in [7, 11) is 0. The molecule has 3 atom stereocenters. The molecule has 1 aliphatic heterocycles. The summed E-state index contributed by atoms with van der Waals surface area (Å²) in [6.45, 7) is 10.2. The normalized spacial score (nSPS) is 25.1. The molecule has 0 unspecified atom stereocenters. The van der Waals surface area contributed by atoms with E-state index in [1.54, 1.807) is 0 Å². The van der Waals surface area contributed by atoms with Crippen LogP contribution >= 0.6 is 11.8 Å². The molecular weight excluding hydrogens is 350 g/mol. The van der Waals surface area contributed by atoms with E-state index in [0.717, 1.165) is 50.4 Å². The highest BCUT2D eigenvalue weighted by molar-refractivity contribution is 8.00. The Morgan fingerprint density at radius 3 is 2.73 bits per heavy atom. The second kappa shape index (κ2) is 9.08. The van der Waals surface area contributed by atoms with Gasteiger partial charge in [-0.1, -0.05) is 31.5 Å². The highest BCUT2D eigenvalue weighted by Gasteiger charge is 2.27. The van der Waals surface area contributed by atoms with Crippen molar-refractivity contribution in [3.63, 3.8) is 0 Å². The van der Waals surface area contributed by atoms with Crippen molar-refractivity contribution in [3.8, 4) is 0 Å². The molecule has 2 aliphatic rings. The fourth-order valence-electron chi connectivity index (χ4n) is 3.68. The van der Waals surface area contributed by atoms with Crippen molar-refractivity contribution in [2.24, 2.45) is 5.92 Å². The van der Waals surface area contributed by atoms with Gasteiger partial charge in [-0.05, 0) is 32.6 Å². The molecule has 1 aromatic heterocycles. The Kier molecular flexibility index (Phi) is 6.80. The van der Waals surface area contributed by atoms with Crippen LogP contribution in [0.2, 0.25) is 0 Å². The van der Waals surface area contributed by atoms with Crippen molar-refractivity contribution in [2.75, 3.05) is 31.2 Å².